The quantitative estimate of drug-likeness (QED) is 0.0486. The van der Waals surface area contributed by atoms with Gasteiger partial charge in [0.15, 0.2) is 0 Å². The predicted octanol–water partition coefficient (Wildman–Crippen LogP) is 13.6. The minimum absolute atomic E-state index is 0.136. The van der Waals surface area contributed by atoms with E-state index in [1.807, 2.05) is 180 Å². The van der Waals surface area contributed by atoms with Crippen molar-refractivity contribution in [3.63, 3.8) is 0 Å². The molecule has 0 aliphatic carbocycles. The minimum atomic E-state index is -1.07. The molecule has 0 aromatic heterocycles. The molecular weight excluding hydrogens is 1380 g/mol. The summed E-state index contributed by atoms with van der Waals surface area (Å²) in [5.41, 5.74) is 8.34. The lowest BCUT2D eigenvalue weighted by Gasteiger charge is -2.30. The molecule has 0 bridgehead atoms. The Morgan fingerprint density at radius 1 is 0.333 bits per heavy atom. The van der Waals surface area contributed by atoms with Gasteiger partial charge in [0.25, 0.3) is 0 Å². The molecule has 4 rings (SSSR count). The lowest BCUT2D eigenvalue weighted by atomic mass is 9.94. The van der Waals surface area contributed by atoms with Crippen molar-refractivity contribution in [2.75, 3.05) is 62.0 Å². The number of aliphatic carboxylic acids is 1. The van der Waals surface area contributed by atoms with Crippen molar-refractivity contribution in [1.82, 2.24) is 34.3 Å². The monoisotopic (exact) mass is 1510 g/mol. The lowest BCUT2D eigenvalue weighted by Crippen LogP contribution is -2.43. The Morgan fingerprint density at radius 3 is 0.778 bits per heavy atom. The second-order valence-electron chi connectivity index (χ2n) is 33.5. The molecule has 3 N–H and O–H groups in total. The van der Waals surface area contributed by atoms with Crippen LogP contribution in [0.25, 0.3) is 0 Å². The van der Waals surface area contributed by atoms with Crippen LogP contribution < -0.4 is 5.73 Å². The maximum atomic E-state index is 12.9. The summed E-state index contributed by atoms with van der Waals surface area (Å²) in [6.07, 6.45) is 0.240. The first-order chi connectivity index (χ1) is 49.4. The second kappa shape index (κ2) is 42.7. The maximum absolute atomic E-state index is 12.9. The van der Waals surface area contributed by atoms with Gasteiger partial charge in [0, 0.05) is 96.7 Å². The Balaban J connectivity index is 0.000000722. The van der Waals surface area contributed by atoms with Gasteiger partial charge in [0.2, 0.25) is 23.6 Å². The number of nitrogens with two attached hydrogens (primary N) is 1. The van der Waals surface area contributed by atoms with Crippen LogP contribution in [0.5, 0.6) is 0 Å². The minimum Gasteiger partial charge on any atom is -0.480 e. The molecule has 0 aliphatic rings. The summed E-state index contributed by atoms with van der Waals surface area (Å²) in [6, 6.07) is 30.3. The largest absolute Gasteiger partial charge is 0.480 e. The van der Waals surface area contributed by atoms with Crippen molar-refractivity contribution in [2.24, 2.45) is 22.0 Å². The fraction of sp³-hybridized carbons (Fsp3) is 0.573. The van der Waals surface area contributed by atoms with E-state index >= 15 is 0 Å². The number of carbonyl (C=O) groups excluding carboxylic acids is 10. The van der Waals surface area contributed by atoms with Gasteiger partial charge < -0.3 is 73.6 Å². The Bertz CT molecular complexity index is 3510. The van der Waals surface area contributed by atoms with Gasteiger partial charge in [-0.15, -0.1) is 0 Å². The molecule has 0 radical (unpaired) electrons. The molecule has 0 spiro atoms. The van der Waals surface area contributed by atoms with E-state index < -0.39 is 74.8 Å². The van der Waals surface area contributed by atoms with Crippen LogP contribution in [-0.4, -0.2) is 190 Å². The van der Waals surface area contributed by atoms with Crippen molar-refractivity contribution >= 4 is 65.9 Å². The average molecular weight is 1510 g/mol. The topological polar surface area (TPSA) is 312 Å². The Hall–Kier alpha value is -9.75. The van der Waals surface area contributed by atoms with Gasteiger partial charge in [-0.05, 0) is 140 Å². The number of esters is 2. The molecule has 602 valence electrons. The summed E-state index contributed by atoms with van der Waals surface area (Å²) in [4.78, 5) is 143. The molecule has 4 aromatic rings. The zero-order chi connectivity index (χ0) is 83.3. The van der Waals surface area contributed by atoms with Crippen LogP contribution in [0.15, 0.2) is 97.1 Å². The summed E-state index contributed by atoms with van der Waals surface area (Å²) < 4.78 is 30.9. The van der Waals surface area contributed by atoms with Gasteiger partial charge in [0.1, 0.15) is 35.5 Å². The normalized spacial score (nSPS) is 11.5. The summed E-state index contributed by atoms with van der Waals surface area (Å²) in [5, 5.41) is 9.21. The standard InChI is InChI=1S/C22H34N2O5.C21H33N3O4.C21H32N2O5.C18H27NO4/c1-21(2,3)19(26)24(15-18(25)28-8)14-17-12-10-9-11-16(17)13-23(7)20(27)29-22(4,5)6;1-20(2,3)18(26)24(14-17(22)25)13-16-11-9-8-10-15(16)12-23(7)19(27)28-21(4,5)6;1-20(2,3)18(26)23(14-17(24)25)13-16-11-9-8-10-15(16)12-22(7)19(27)28-21(4,5)6;1-18(2,3)23-17(21)19(4)13-15-10-7-6-9-14(15)11-8-12-16(20)22-5/h9-12H,13-15H2,1-8H3;8-11H,12-14H2,1-7H3,(H2,22,25);8-11H,12-14H2,1-7H3,(H,24,25);6-7,9-10H,8,11-13H2,1-5H3. The number of ether oxygens (including phenoxy) is 6. The highest BCUT2D eigenvalue weighted by Crippen LogP contribution is 2.27. The third-order valence-electron chi connectivity index (χ3n) is 15.1. The van der Waals surface area contributed by atoms with Crippen molar-refractivity contribution in [2.45, 2.75) is 233 Å². The maximum Gasteiger partial charge on any atom is 0.410 e. The Labute approximate surface area is 642 Å². The summed E-state index contributed by atoms with van der Waals surface area (Å²) in [7, 11) is 9.38. The van der Waals surface area contributed by atoms with Gasteiger partial charge >= 0.3 is 42.3 Å². The van der Waals surface area contributed by atoms with Gasteiger partial charge in [-0.1, -0.05) is 159 Å². The molecule has 0 saturated carbocycles. The third-order valence-corrected chi connectivity index (χ3v) is 15.1. The summed E-state index contributed by atoms with van der Waals surface area (Å²) in [6.45, 7) is 39.3. The number of hydrogen-bond donors (Lipinski definition) is 2. The SMILES string of the molecule is CN(Cc1ccccc1CN(CC(=O)O)C(=O)C(C)(C)C)C(=O)OC(C)(C)C.CN(Cc1ccccc1CN(CC(N)=O)C(=O)C(C)(C)C)C(=O)OC(C)(C)C.COC(=O)CCCc1ccccc1CN(C)C(=O)OC(C)(C)C.COC(=O)CN(Cc1ccccc1CN(C)C(=O)OC(C)(C)C)C(=O)C(C)(C)C. The number of carboxylic acids is 1. The van der Waals surface area contributed by atoms with Crippen LogP contribution in [0.4, 0.5) is 19.2 Å². The Morgan fingerprint density at radius 2 is 0.556 bits per heavy atom. The van der Waals surface area contributed by atoms with Crippen LogP contribution in [-0.2, 0) is 114 Å². The highest BCUT2D eigenvalue weighted by Gasteiger charge is 2.33. The molecule has 0 atom stereocenters. The van der Waals surface area contributed by atoms with Gasteiger partial charge in [0.05, 0.1) is 20.8 Å². The first-order valence-electron chi connectivity index (χ1n) is 35.9. The number of rotatable bonds is 24. The zero-order valence-corrected chi connectivity index (χ0v) is 69.5. The smallest absolute Gasteiger partial charge is 0.410 e. The van der Waals surface area contributed by atoms with E-state index in [4.69, 9.17) is 29.4 Å². The van der Waals surface area contributed by atoms with Crippen molar-refractivity contribution in [3.05, 3.63) is 142 Å². The molecule has 4 aromatic carbocycles. The van der Waals surface area contributed by atoms with Crippen LogP contribution in [0.3, 0.4) is 0 Å². The van der Waals surface area contributed by atoms with Crippen LogP contribution >= 0.6 is 0 Å². The number of primary amides is 1. The van der Waals surface area contributed by atoms with Crippen LogP contribution in [0.1, 0.15) is 203 Å². The molecule has 26 heteroatoms. The predicted molar refractivity (Wildman–Crippen MR) is 415 cm³/mol. The van der Waals surface area contributed by atoms with Gasteiger partial charge in [-0.2, -0.15) is 0 Å². The summed E-state index contributed by atoms with van der Waals surface area (Å²) >= 11 is 0. The summed E-state index contributed by atoms with van der Waals surface area (Å²) in [5.74, 6) is -2.88. The third kappa shape index (κ3) is 38.7. The van der Waals surface area contributed by atoms with E-state index in [9.17, 15) is 57.8 Å². The van der Waals surface area contributed by atoms with Gasteiger partial charge in [-0.25, -0.2) is 19.2 Å². The fourth-order valence-corrected chi connectivity index (χ4v) is 9.93. The van der Waals surface area contributed by atoms with Crippen molar-refractivity contribution < 1.29 is 86.3 Å². The van der Waals surface area contributed by atoms with E-state index in [0.29, 0.717) is 26.1 Å². The van der Waals surface area contributed by atoms with Gasteiger partial charge in [-0.3, -0.25) is 33.6 Å². The molecule has 8 amide bonds. The van der Waals surface area contributed by atoms with E-state index in [1.54, 1.807) is 95.4 Å². The van der Waals surface area contributed by atoms with Crippen molar-refractivity contribution in [3.8, 4) is 0 Å². The number of methoxy groups -OCH3 is 2. The highest BCUT2D eigenvalue weighted by molar-refractivity contribution is 5.87. The number of carbonyl (C=O) groups is 11. The van der Waals surface area contributed by atoms with E-state index in [-0.39, 0.29) is 75.6 Å². The molecule has 0 saturated heterocycles. The lowest BCUT2D eigenvalue weighted by molar-refractivity contribution is -0.150. The molecule has 0 unspecified atom stereocenters. The molecular formula is C82H126N8O18. The average Bonchev–Trinajstić information content (AvgIpc) is 0.830. The fourth-order valence-electron chi connectivity index (χ4n) is 9.93. The highest BCUT2D eigenvalue weighted by atomic mass is 16.6. The number of carboxylic acid groups (broad SMARTS) is 1. The molecule has 0 heterocycles. The first-order valence-corrected chi connectivity index (χ1v) is 35.9. The van der Waals surface area contributed by atoms with E-state index in [0.717, 1.165) is 57.3 Å². The van der Waals surface area contributed by atoms with E-state index in [2.05, 4.69) is 4.74 Å². The Kier molecular flexibility index (Phi) is 38.1. The van der Waals surface area contributed by atoms with Crippen LogP contribution in [0.2, 0.25) is 0 Å². The number of benzene rings is 4. The molecule has 0 aliphatic heterocycles. The zero-order valence-electron chi connectivity index (χ0n) is 69.5. The second-order valence-corrected chi connectivity index (χ2v) is 33.5. The first kappa shape index (κ1) is 96.3. The van der Waals surface area contributed by atoms with Crippen LogP contribution in [0, 0.1) is 16.2 Å². The number of nitrogens with zero attached hydrogens (tertiary/aromatic N) is 7. The molecule has 108 heavy (non-hydrogen) atoms. The van der Waals surface area contributed by atoms with E-state index in [1.165, 1.54) is 43.6 Å². The molecule has 0 fully saturated rings. The number of hydrogen-bond acceptors (Lipinski definition) is 17. The van der Waals surface area contributed by atoms with Crippen molar-refractivity contribution in [1.29, 1.82) is 0 Å². The molecule has 26 nitrogen and oxygen atoms in total. The number of amides is 8. The number of aryl methyl sites for hydroxylation is 1.